The van der Waals surface area contributed by atoms with E-state index in [4.69, 9.17) is 22.6 Å². The zero-order chi connectivity index (χ0) is 16.1. The van der Waals surface area contributed by atoms with Crippen LogP contribution >= 0.6 is 11.6 Å². The number of nitrogens with two attached hydrogens (primary N) is 1. The van der Waals surface area contributed by atoms with Gasteiger partial charge in [0, 0.05) is 10.7 Å². The second kappa shape index (κ2) is 6.74. The van der Waals surface area contributed by atoms with E-state index >= 15 is 0 Å². The summed E-state index contributed by atoms with van der Waals surface area (Å²) in [5, 5.41) is 12.1. The minimum absolute atomic E-state index is 0.00331. The topological polar surface area (TPSA) is 120 Å². The normalized spacial score (nSPS) is 11.0. The predicted molar refractivity (Wildman–Crippen MR) is 85.3 cm³/mol. The summed E-state index contributed by atoms with van der Waals surface area (Å²) in [5.74, 6) is 0.140. The lowest BCUT2D eigenvalue weighted by molar-refractivity contribution is 0.987. The van der Waals surface area contributed by atoms with Gasteiger partial charge < -0.3 is 11.1 Å². The number of nitrogens with zero attached hydrogens (tertiary/aromatic N) is 3. The molecule has 0 aliphatic rings. The number of aryl methyl sites for hydroxylation is 1. The Balaban J connectivity index is 2.23. The van der Waals surface area contributed by atoms with Crippen LogP contribution in [0.15, 0.2) is 34.1 Å². The van der Waals surface area contributed by atoms with Crippen LogP contribution in [0.1, 0.15) is 11.3 Å². The highest BCUT2D eigenvalue weighted by Gasteiger charge is 2.07. The van der Waals surface area contributed by atoms with Gasteiger partial charge >= 0.3 is 0 Å². The molecule has 0 bridgehead atoms. The Morgan fingerprint density at radius 3 is 2.77 bits per heavy atom. The van der Waals surface area contributed by atoms with Gasteiger partial charge in [-0.05, 0) is 31.2 Å². The van der Waals surface area contributed by atoms with Crippen LogP contribution in [0.25, 0.3) is 0 Å². The second-order valence-electron chi connectivity index (χ2n) is 4.42. The quantitative estimate of drug-likeness (QED) is 0.589. The highest BCUT2D eigenvalue weighted by molar-refractivity contribution is 6.30. The van der Waals surface area contributed by atoms with Gasteiger partial charge in [-0.2, -0.15) is 10.3 Å². The maximum atomic E-state index is 11.8. The van der Waals surface area contributed by atoms with Crippen LogP contribution in [0.4, 0.5) is 11.6 Å². The number of aromatic amines is 1. The summed E-state index contributed by atoms with van der Waals surface area (Å²) >= 11 is 5.79. The third kappa shape index (κ3) is 3.84. The highest BCUT2D eigenvalue weighted by atomic mass is 35.5. The Labute approximate surface area is 131 Å². The number of hydrogen-bond acceptors (Lipinski definition) is 4. The van der Waals surface area contributed by atoms with Gasteiger partial charge in [-0.3, -0.25) is 9.78 Å². The van der Waals surface area contributed by atoms with E-state index in [-0.39, 0.29) is 18.3 Å². The number of nitriles is 1. The number of nitrogens with one attached hydrogen (secondary N) is 2. The number of benzene rings is 1. The van der Waals surface area contributed by atoms with Crippen molar-refractivity contribution in [3.05, 3.63) is 50.9 Å². The monoisotopic (exact) mass is 316 g/mol. The second-order valence-corrected chi connectivity index (χ2v) is 4.85. The van der Waals surface area contributed by atoms with Gasteiger partial charge in [0.15, 0.2) is 0 Å². The van der Waals surface area contributed by atoms with E-state index in [2.05, 4.69) is 20.3 Å². The molecule has 2 aromatic rings. The van der Waals surface area contributed by atoms with Crippen molar-refractivity contribution in [2.24, 2.45) is 10.7 Å². The molecule has 1 aromatic carbocycles. The first-order valence-electron chi connectivity index (χ1n) is 6.33. The van der Waals surface area contributed by atoms with Crippen molar-refractivity contribution in [3.63, 3.8) is 0 Å². The van der Waals surface area contributed by atoms with Crippen LogP contribution in [0.5, 0.6) is 0 Å². The van der Waals surface area contributed by atoms with Crippen molar-refractivity contribution in [1.82, 2.24) is 9.97 Å². The summed E-state index contributed by atoms with van der Waals surface area (Å²) < 4.78 is 0. The number of halogens is 1. The first-order chi connectivity index (χ1) is 10.5. The minimum atomic E-state index is -0.396. The third-order valence-electron chi connectivity index (χ3n) is 2.81. The lowest BCUT2D eigenvalue weighted by Crippen LogP contribution is -2.23. The molecule has 22 heavy (non-hydrogen) atoms. The molecule has 0 aliphatic heterocycles. The molecule has 0 atom stereocenters. The van der Waals surface area contributed by atoms with Gasteiger partial charge in [0.1, 0.15) is 0 Å². The molecule has 0 amide bonds. The molecular formula is C14H13ClN6O. The molecule has 1 aromatic heterocycles. The van der Waals surface area contributed by atoms with Gasteiger partial charge in [0.05, 0.1) is 23.7 Å². The summed E-state index contributed by atoms with van der Waals surface area (Å²) in [6.07, 6.45) is -0.00331. The third-order valence-corrected chi connectivity index (χ3v) is 3.06. The molecule has 0 fully saturated rings. The Bertz CT molecular complexity index is 804. The van der Waals surface area contributed by atoms with E-state index < -0.39 is 5.56 Å². The number of aliphatic imine (C=N–C) groups is 1. The smallest absolute Gasteiger partial charge is 0.256 e. The molecule has 112 valence electrons. The molecule has 0 saturated carbocycles. The average molecular weight is 317 g/mol. The number of aromatic nitrogens is 2. The van der Waals surface area contributed by atoms with Crippen molar-refractivity contribution in [3.8, 4) is 6.07 Å². The number of rotatable bonds is 3. The van der Waals surface area contributed by atoms with E-state index in [0.29, 0.717) is 22.0 Å². The zero-order valence-corrected chi connectivity index (χ0v) is 12.5. The summed E-state index contributed by atoms with van der Waals surface area (Å²) in [6, 6.07) is 8.81. The lowest BCUT2D eigenvalue weighted by atomic mass is 10.2. The average Bonchev–Trinajstić information content (AvgIpc) is 2.45. The minimum Gasteiger partial charge on any atom is -0.369 e. The molecule has 7 nitrogen and oxygen atoms in total. The van der Waals surface area contributed by atoms with E-state index in [0.717, 1.165) is 0 Å². The van der Waals surface area contributed by atoms with Crippen LogP contribution in [-0.4, -0.2) is 15.9 Å². The number of guanidine groups is 1. The maximum Gasteiger partial charge on any atom is 0.256 e. The standard InChI is InChI=1S/C14H13ClN6O/c1-8-11(6-7-16)12(22)20-14(18-8)21-13(17)19-10-4-2-9(15)3-5-10/h2-5H,6H2,1H3,(H4,17,18,19,20,21,22). The molecule has 8 heteroatoms. The Kier molecular flexibility index (Phi) is 4.76. The van der Waals surface area contributed by atoms with Crippen molar-refractivity contribution >= 4 is 29.2 Å². The van der Waals surface area contributed by atoms with Crippen LogP contribution in [-0.2, 0) is 6.42 Å². The highest BCUT2D eigenvalue weighted by Crippen LogP contribution is 2.13. The number of anilines is 1. The van der Waals surface area contributed by atoms with Crippen molar-refractivity contribution in [2.45, 2.75) is 13.3 Å². The Morgan fingerprint density at radius 1 is 1.50 bits per heavy atom. The van der Waals surface area contributed by atoms with E-state index in [1.54, 1.807) is 31.2 Å². The molecule has 0 radical (unpaired) electrons. The van der Waals surface area contributed by atoms with E-state index in [1.807, 2.05) is 6.07 Å². The SMILES string of the molecule is Cc1nc(N=C(N)Nc2ccc(Cl)cc2)[nH]c(=O)c1CC#N. The van der Waals surface area contributed by atoms with Gasteiger partial charge in [0.25, 0.3) is 5.56 Å². The predicted octanol–water partition coefficient (Wildman–Crippen LogP) is 1.86. The fraction of sp³-hybridized carbons (Fsp3) is 0.143. The Morgan fingerprint density at radius 2 is 2.18 bits per heavy atom. The summed E-state index contributed by atoms with van der Waals surface area (Å²) in [4.78, 5) is 22.4. The maximum absolute atomic E-state index is 11.8. The summed E-state index contributed by atoms with van der Waals surface area (Å²) in [6.45, 7) is 1.64. The Hall–Kier alpha value is -2.85. The molecule has 2 rings (SSSR count). The first-order valence-corrected chi connectivity index (χ1v) is 6.71. The van der Waals surface area contributed by atoms with E-state index in [9.17, 15) is 4.79 Å². The van der Waals surface area contributed by atoms with Crippen molar-refractivity contribution in [2.75, 3.05) is 5.32 Å². The fourth-order valence-corrected chi connectivity index (χ4v) is 1.88. The van der Waals surface area contributed by atoms with E-state index in [1.165, 1.54) is 0 Å². The zero-order valence-electron chi connectivity index (χ0n) is 11.7. The molecule has 0 aliphatic carbocycles. The van der Waals surface area contributed by atoms with Gasteiger partial charge in [-0.25, -0.2) is 4.98 Å². The largest absolute Gasteiger partial charge is 0.369 e. The van der Waals surface area contributed by atoms with Crippen LogP contribution < -0.4 is 16.6 Å². The molecule has 0 saturated heterocycles. The fourth-order valence-electron chi connectivity index (χ4n) is 1.76. The molecule has 4 N–H and O–H groups in total. The van der Waals surface area contributed by atoms with Crippen LogP contribution in [0.3, 0.4) is 0 Å². The van der Waals surface area contributed by atoms with Crippen LogP contribution in [0, 0.1) is 18.3 Å². The van der Waals surface area contributed by atoms with Crippen molar-refractivity contribution < 1.29 is 0 Å². The molecule has 0 spiro atoms. The summed E-state index contributed by atoms with van der Waals surface area (Å²) in [7, 11) is 0. The van der Waals surface area contributed by atoms with Gasteiger partial charge in [-0.1, -0.05) is 11.6 Å². The first kappa shape index (κ1) is 15.5. The number of hydrogen-bond donors (Lipinski definition) is 3. The molecular weight excluding hydrogens is 304 g/mol. The van der Waals surface area contributed by atoms with Gasteiger partial charge in [0.2, 0.25) is 11.9 Å². The lowest BCUT2D eigenvalue weighted by Gasteiger charge is -2.06. The molecule has 0 unspecified atom stereocenters. The van der Waals surface area contributed by atoms with Gasteiger partial charge in [-0.15, -0.1) is 0 Å². The summed E-state index contributed by atoms with van der Waals surface area (Å²) in [5.41, 5.74) is 6.84. The van der Waals surface area contributed by atoms with Crippen molar-refractivity contribution in [1.29, 1.82) is 5.26 Å². The molecule has 1 heterocycles. The van der Waals surface area contributed by atoms with Crippen LogP contribution in [0.2, 0.25) is 5.02 Å². The number of H-pyrrole nitrogens is 1.